The molecule has 0 rings (SSSR count). The Labute approximate surface area is 260 Å². The van der Waals surface area contributed by atoms with Crippen molar-refractivity contribution < 1.29 is 56.8 Å². The van der Waals surface area contributed by atoms with Crippen LogP contribution in [0.4, 0.5) is 0 Å². The second kappa shape index (κ2) is 41.5. The first-order valence-corrected chi connectivity index (χ1v) is 16.0. The second-order valence-corrected chi connectivity index (χ2v) is 9.16. The number of ether oxygens (including phenoxy) is 12. The van der Waals surface area contributed by atoms with Crippen LogP contribution < -0.4 is 5.32 Å². The maximum absolute atomic E-state index is 5.48. The van der Waals surface area contributed by atoms with Crippen molar-refractivity contribution in [1.82, 2.24) is 5.32 Å². The van der Waals surface area contributed by atoms with Gasteiger partial charge < -0.3 is 62.2 Å². The largest absolute Gasteiger partial charge is 0.379 e. The summed E-state index contributed by atoms with van der Waals surface area (Å²) in [6.45, 7) is 16.6. The monoisotopic (exact) mass is 629 g/mol. The lowest BCUT2D eigenvalue weighted by atomic mass is 10.3. The van der Waals surface area contributed by atoms with Gasteiger partial charge in [0.25, 0.3) is 0 Å². The minimum absolute atomic E-state index is 0.519. The summed E-state index contributed by atoms with van der Waals surface area (Å²) in [5, 5.41) is 3.02. The molecule has 43 heavy (non-hydrogen) atoms. The highest BCUT2D eigenvalue weighted by molar-refractivity contribution is 4.40. The van der Waals surface area contributed by atoms with Crippen molar-refractivity contribution in [3.63, 3.8) is 0 Å². The standard InChI is InChI=1S/C30H63NO12/c1-3-4-5-7-32-9-11-34-13-15-36-17-19-38-21-23-40-25-27-42-29-30-43-28-26-41-24-22-39-20-18-37-16-14-35-12-10-33-8-6-31-2/h31H,3-30H2,1-2H3. The van der Waals surface area contributed by atoms with Gasteiger partial charge in [-0.2, -0.15) is 0 Å². The first-order valence-electron chi connectivity index (χ1n) is 16.0. The van der Waals surface area contributed by atoms with E-state index in [0.29, 0.717) is 152 Å². The molecule has 0 bridgehead atoms. The number of likely N-dealkylation sites (N-methyl/N-ethyl adjacent to an activating group) is 1. The molecular weight excluding hydrogens is 566 g/mol. The Morgan fingerprint density at radius 2 is 0.488 bits per heavy atom. The SMILES string of the molecule is CCCCCOCCOCCOCCOCCOCCOCCOCCOCCOCCOCCOCCOCCNC. The molecule has 0 saturated carbocycles. The number of hydrogen-bond acceptors (Lipinski definition) is 13. The molecule has 0 aromatic heterocycles. The number of nitrogens with one attached hydrogen (secondary N) is 1. The summed E-state index contributed by atoms with van der Waals surface area (Å²) in [7, 11) is 1.90. The first-order chi connectivity index (χ1) is 21.4. The molecule has 0 saturated heterocycles. The maximum Gasteiger partial charge on any atom is 0.0701 e. The van der Waals surface area contributed by atoms with Crippen LogP contribution in [0, 0.1) is 0 Å². The van der Waals surface area contributed by atoms with Crippen LogP contribution in [0.25, 0.3) is 0 Å². The summed E-state index contributed by atoms with van der Waals surface area (Å²) in [4.78, 5) is 0. The smallest absolute Gasteiger partial charge is 0.0701 e. The average Bonchev–Trinajstić information content (AvgIpc) is 3.02. The molecule has 0 unspecified atom stereocenters. The lowest BCUT2D eigenvalue weighted by Gasteiger charge is -2.09. The molecule has 0 amide bonds. The van der Waals surface area contributed by atoms with E-state index in [-0.39, 0.29) is 0 Å². The van der Waals surface area contributed by atoms with Gasteiger partial charge in [0, 0.05) is 13.2 Å². The zero-order chi connectivity index (χ0) is 31.0. The molecule has 0 atom stereocenters. The quantitative estimate of drug-likeness (QED) is 0.0989. The fourth-order valence-corrected chi connectivity index (χ4v) is 3.15. The van der Waals surface area contributed by atoms with E-state index in [9.17, 15) is 0 Å². The van der Waals surface area contributed by atoms with Gasteiger partial charge in [-0.3, -0.25) is 0 Å². The Hall–Kier alpha value is -0.520. The Morgan fingerprint density at radius 1 is 0.279 bits per heavy atom. The Balaban J connectivity index is 3.02. The van der Waals surface area contributed by atoms with E-state index < -0.39 is 0 Å². The van der Waals surface area contributed by atoms with Gasteiger partial charge >= 0.3 is 0 Å². The van der Waals surface area contributed by atoms with Crippen LogP contribution in [0.15, 0.2) is 0 Å². The fourth-order valence-electron chi connectivity index (χ4n) is 3.15. The van der Waals surface area contributed by atoms with Crippen LogP contribution in [0.5, 0.6) is 0 Å². The molecule has 13 heteroatoms. The minimum atomic E-state index is 0.519. The molecule has 13 nitrogen and oxygen atoms in total. The molecular formula is C30H63NO12. The highest BCUT2D eigenvalue weighted by atomic mass is 16.6. The third-order valence-electron chi connectivity index (χ3n) is 5.48. The topological polar surface area (TPSA) is 123 Å². The highest BCUT2D eigenvalue weighted by Crippen LogP contribution is 1.94. The van der Waals surface area contributed by atoms with Gasteiger partial charge in [0.15, 0.2) is 0 Å². The van der Waals surface area contributed by atoms with Crippen molar-refractivity contribution in [2.45, 2.75) is 26.2 Å². The molecule has 0 spiro atoms. The van der Waals surface area contributed by atoms with Crippen LogP contribution in [0.2, 0.25) is 0 Å². The van der Waals surface area contributed by atoms with E-state index in [1.54, 1.807) is 0 Å². The molecule has 1 N–H and O–H groups in total. The van der Waals surface area contributed by atoms with Crippen molar-refractivity contribution in [3.8, 4) is 0 Å². The summed E-state index contributed by atoms with van der Waals surface area (Å²) in [5.41, 5.74) is 0. The molecule has 0 aliphatic rings. The molecule has 0 aromatic rings. The molecule has 260 valence electrons. The summed E-state index contributed by atoms with van der Waals surface area (Å²) >= 11 is 0. The van der Waals surface area contributed by atoms with E-state index in [0.717, 1.165) is 19.6 Å². The molecule has 0 aliphatic carbocycles. The number of unbranched alkanes of at least 4 members (excludes halogenated alkanes) is 2. The fraction of sp³-hybridized carbons (Fsp3) is 1.00. The van der Waals surface area contributed by atoms with Gasteiger partial charge in [-0.15, -0.1) is 0 Å². The lowest BCUT2D eigenvalue weighted by Crippen LogP contribution is -2.17. The van der Waals surface area contributed by atoms with Crippen LogP contribution >= 0.6 is 0 Å². The normalized spacial score (nSPS) is 11.6. The van der Waals surface area contributed by atoms with Crippen molar-refractivity contribution in [3.05, 3.63) is 0 Å². The summed E-state index contributed by atoms with van der Waals surface area (Å²) in [5.74, 6) is 0. The van der Waals surface area contributed by atoms with Crippen LogP contribution in [-0.4, -0.2) is 172 Å². The number of rotatable bonds is 40. The summed E-state index contributed by atoms with van der Waals surface area (Å²) < 4.78 is 65.5. The lowest BCUT2D eigenvalue weighted by molar-refractivity contribution is -0.0283. The Morgan fingerprint density at radius 3 is 0.698 bits per heavy atom. The minimum Gasteiger partial charge on any atom is -0.379 e. The maximum atomic E-state index is 5.48. The van der Waals surface area contributed by atoms with Crippen molar-refractivity contribution in [2.75, 3.05) is 172 Å². The summed E-state index contributed by atoms with van der Waals surface area (Å²) in [6.07, 6.45) is 3.55. The highest BCUT2D eigenvalue weighted by Gasteiger charge is 1.96. The second-order valence-electron chi connectivity index (χ2n) is 9.16. The van der Waals surface area contributed by atoms with Crippen molar-refractivity contribution in [2.24, 2.45) is 0 Å². The van der Waals surface area contributed by atoms with Gasteiger partial charge in [-0.1, -0.05) is 19.8 Å². The first kappa shape index (κ1) is 42.5. The third-order valence-corrected chi connectivity index (χ3v) is 5.48. The van der Waals surface area contributed by atoms with E-state index in [4.69, 9.17) is 56.8 Å². The van der Waals surface area contributed by atoms with Gasteiger partial charge in [-0.05, 0) is 13.5 Å². The van der Waals surface area contributed by atoms with Crippen LogP contribution in [0.3, 0.4) is 0 Å². The predicted molar refractivity (Wildman–Crippen MR) is 163 cm³/mol. The molecule has 0 heterocycles. The zero-order valence-corrected chi connectivity index (χ0v) is 27.2. The van der Waals surface area contributed by atoms with Crippen LogP contribution in [0.1, 0.15) is 26.2 Å². The molecule has 0 radical (unpaired) electrons. The Kier molecular flexibility index (Phi) is 41.0. The van der Waals surface area contributed by atoms with E-state index in [2.05, 4.69) is 12.2 Å². The predicted octanol–water partition coefficient (Wildman–Crippen LogP) is 1.60. The third kappa shape index (κ3) is 41.5. The molecule has 0 aromatic carbocycles. The van der Waals surface area contributed by atoms with Crippen molar-refractivity contribution >= 4 is 0 Å². The van der Waals surface area contributed by atoms with Gasteiger partial charge in [0.1, 0.15) is 0 Å². The van der Waals surface area contributed by atoms with E-state index >= 15 is 0 Å². The molecule has 0 fully saturated rings. The molecule has 0 aliphatic heterocycles. The van der Waals surface area contributed by atoms with Crippen molar-refractivity contribution in [1.29, 1.82) is 0 Å². The van der Waals surface area contributed by atoms with Gasteiger partial charge in [0.05, 0.1) is 152 Å². The Bertz CT molecular complexity index is 442. The average molecular weight is 630 g/mol. The van der Waals surface area contributed by atoms with Crippen LogP contribution in [-0.2, 0) is 56.8 Å². The summed E-state index contributed by atoms with van der Waals surface area (Å²) in [6, 6.07) is 0. The number of hydrogen-bond donors (Lipinski definition) is 1. The van der Waals surface area contributed by atoms with E-state index in [1.807, 2.05) is 7.05 Å². The van der Waals surface area contributed by atoms with Gasteiger partial charge in [0.2, 0.25) is 0 Å². The van der Waals surface area contributed by atoms with Gasteiger partial charge in [-0.25, -0.2) is 0 Å². The zero-order valence-electron chi connectivity index (χ0n) is 27.2. The van der Waals surface area contributed by atoms with E-state index in [1.165, 1.54) is 12.8 Å².